The molecule has 0 saturated carbocycles. The van der Waals surface area contributed by atoms with Crippen molar-refractivity contribution in [1.82, 2.24) is 0 Å². The largest absolute Gasteiger partial charge is 0.496 e. The van der Waals surface area contributed by atoms with Gasteiger partial charge in [0, 0.05) is 22.1 Å². The van der Waals surface area contributed by atoms with E-state index in [-0.39, 0.29) is 18.0 Å². The molecule has 0 radical (unpaired) electrons. The first-order valence-electron chi connectivity index (χ1n) is 10.7. The Morgan fingerprint density at radius 3 is 2.49 bits per heavy atom. The zero-order valence-electron chi connectivity index (χ0n) is 19.1. The third-order valence-electron chi connectivity index (χ3n) is 5.05. The van der Waals surface area contributed by atoms with Gasteiger partial charge in [0.2, 0.25) is 0 Å². The van der Waals surface area contributed by atoms with Crippen molar-refractivity contribution in [2.75, 3.05) is 19.0 Å². The van der Waals surface area contributed by atoms with E-state index in [4.69, 9.17) is 9.47 Å². The minimum absolute atomic E-state index is 0.129. The number of hydrogen-bond donors (Lipinski definition) is 1. The smallest absolute Gasteiger partial charge is 0.338 e. The summed E-state index contributed by atoms with van der Waals surface area (Å²) in [6, 6.07) is 18.0. The number of hydrogen-bond acceptors (Lipinski definition) is 5. The zero-order chi connectivity index (χ0) is 25.4. The Balaban J connectivity index is 1.82. The summed E-state index contributed by atoms with van der Waals surface area (Å²) in [6.45, 7) is 1.98. The van der Waals surface area contributed by atoms with Crippen LogP contribution in [0, 0.1) is 17.1 Å². The van der Waals surface area contributed by atoms with Crippen molar-refractivity contribution in [3.05, 3.63) is 98.8 Å². The van der Waals surface area contributed by atoms with Gasteiger partial charge in [0.1, 0.15) is 23.2 Å². The third kappa shape index (κ3) is 6.55. The number of nitrogens with one attached hydrogen (secondary N) is 1. The van der Waals surface area contributed by atoms with E-state index in [1.165, 1.54) is 31.4 Å². The number of amides is 1. The predicted octanol–water partition coefficient (Wildman–Crippen LogP) is 5.91. The molecule has 6 nitrogen and oxygen atoms in total. The van der Waals surface area contributed by atoms with E-state index >= 15 is 0 Å². The first-order chi connectivity index (χ1) is 16.9. The van der Waals surface area contributed by atoms with Gasteiger partial charge in [-0.2, -0.15) is 5.26 Å². The number of carbonyl (C=O) groups excluding carboxylic acids is 2. The summed E-state index contributed by atoms with van der Waals surface area (Å²) in [7, 11) is 1.50. The number of nitriles is 1. The predicted molar refractivity (Wildman–Crippen MR) is 135 cm³/mol. The molecule has 0 spiro atoms. The first kappa shape index (κ1) is 25.7. The summed E-state index contributed by atoms with van der Waals surface area (Å²) in [5, 5.41) is 12.2. The lowest BCUT2D eigenvalue weighted by Crippen LogP contribution is -2.13. The summed E-state index contributed by atoms with van der Waals surface area (Å²) < 4.78 is 25.2. The highest BCUT2D eigenvalue weighted by atomic mass is 79.9. The van der Waals surface area contributed by atoms with Crippen molar-refractivity contribution >= 4 is 39.6 Å². The molecule has 0 unspecified atom stereocenters. The van der Waals surface area contributed by atoms with Gasteiger partial charge >= 0.3 is 5.97 Å². The molecule has 8 heteroatoms. The van der Waals surface area contributed by atoms with E-state index in [2.05, 4.69) is 21.2 Å². The molecule has 3 rings (SSSR count). The van der Waals surface area contributed by atoms with Crippen LogP contribution in [0.25, 0.3) is 6.08 Å². The van der Waals surface area contributed by atoms with E-state index in [1.807, 2.05) is 6.07 Å². The molecular weight excluding hydrogens is 515 g/mol. The molecule has 0 atom stereocenters. The number of carbonyl (C=O) groups is 2. The van der Waals surface area contributed by atoms with Crippen molar-refractivity contribution in [2.45, 2.75) is 13.3 Å². The number of methoxy groups -OCH3 is 1. The average Bonchev–Trinajstić information content (AvgIpc) is 2.85. The molecule has 0 aromatic heterocycles. The second-order valence-electron chi connectivity index (χ2n) is 7.37. The molecule has 3 aromatic carbocycles. The fourth-order valence-corrected chi connectivity index (χ4v) is 3.92. The van der Waals surface area contributed by atoms with Crippen LogP contribution in [0.5, 0.6) is 5.75 Å². The summed E-state index contributed by atoms with van der Waals surface area (Å²) in [5.41, 5.74) is 2.45. The Labute approximate surface area is 211 Å². The molecule has 0 saturated heterocycles. The van der Waals surface area contributed by atoms with E-state index in [9.17, 15) is 19.2 Å². The molecule has 0 heterocycles. The van der Waals surface area contributed by atoms with Gasteiger partial charge in [-0.15, -0.1) is 0 Å². The van der Waals surface area contributed by atoms with Gasteiger partial charge in [0.25, 0.3) is 5.91 Å². The molecule has 178 valence electrons. The van der Waals surface area contributed by atoms with E-state index in [1.54, 1.807) is 49.4 Å². The van der Waals surface area contributed by atoms with Crippen LogP contribution < -0.4 is 10.1 Å². The van der Waals surface area contributed by atoms with Crippen molar-refractivity contribution in [3.63, 3.8) is 0 Å². The Kier molecular flexibility index (Phi) is 8.76. The number of nitrogens with zero attached hydrogens (tertiary/aromatic N) is 1. The molecular formula is C27H22BrFN2O4. The van der Waals surface area contributed by atoms with Crippen LogP contribution in [0.15, 0.2) is 70.7 Å². The maximum absolute atomic E-state index is 14.1. The lowest BCUT2D eigenvalue weighted by Gasteiger charge is -2.13. The molecule has 3 aromatic rings. The quantitative estimate of drug-likeness (QED) is 0.219. The number of benzene rings is 3. The van der Waals surface area contributed by atoms with Gasteiger partial charge in [-0.05, 0) is 66.6 Å². The third-order valence-corrected chi connectivity index (χ3v) is 5.76. The van der Waals surface area contributed by atoms with Crippen LogP contribution in [0.2, 0.25) is 0 Å². The second kappa shape index (κ2) is 12.0. The van der Waals surface area contributed by atoms with Crippen LogP contribution in [-0.2, 0) is 16.0 Å². The van der Waals surface area contributed by atoms with Gasteiger partial charge in [0.15, 0.2) is 0 Å². The standard InChI is InChI=1S/C27H22BrFN2O4/c1-3-35-27(33)18-8-10-21(11-9-18)31-26(32)20(16-30)12-17-13-23(28)22(25(14-17)34-2)15-19-6-4-5-7-24(19)29/h4-14H,3,15H2,1-2H3,(H,31,32)/b20-12+. The highest BCUT2D eigenvalue weighted by Crippen LogP contribution is 2.32. The molecule has 0 aliphatic rings. The second-order valence-corrected chi connectivity index (χ2v) is 8.23. The number of halogens is 2. The monoisotopic (exact) mass is 536 g/mol. The first-order valence-corrected chi connectivity index (χ1v) is 11.5. The van der Waals surface area contributed by atoms with E-state index in [0.717, 1.165) is 5.56 Å². The topological polar surface area (TPSA) is 88.4 Å². The number of ether oxygens (including phenoxy) is 2. The minimum Gasteiger partial charge on any atom is -0.496 e. The molecule has 1 amide bonds. The summed E-state index contributed by atoms with van der Waals surface area (Å²) in [4.78, 5) is 24.4. The fourth-order valence-electron chi connectivity index (χ4n) is 3.32. The van der Waals surface area contributed by atoms with E-state index in [0.29, 0.717) is 39.0 Å². The van der Waals surface area contributed by atoms with Gasteiger partial charge < -0.3 is 14.8 Å². The van der Waals surface area contributed by atoms with Crippen molar-refractivity contribution < 1.29 is 23.5 Å². The van der Waals surface area contributed by atoms with Crippen LogP contribution in [0.1, 0.15) is 34.0 Å². The Morgan fingerprint density at radius 1 is 1.14 bits per heavy atom. The zero-order valence-corrected chi connectivity index (χ0v) is 20.7. The summed E-state index contributed by atoms with van der Waals surface area (Å²) >= 11 is 3.50. The molecule has 1 N–H and O–H groups in total. The molecule has 35 heavy (non-hydrogen) atoms. The normalized spacial score (nSPS) is 10.9. The van der Waals surface area contributed by atoms with Gasteiger partial charge in [0.05, 0.1) is 19.3 Å². The van der Waals surface area contributed by atoms with Crippen molar-refractivity contribution in [1.29, 1.82) is 5.26 Å². The molecule has 0 aliphatic heterocycles. The minimum atomic E-state index is -0.609. The highest BCUT2D eigenvalue weighted by molar-refractivity contribution is 9.10. The van der Waals surface area contributed by atoms with Crippen LogP contribution >= 0.6 is 15.9 Å². The van der Waals surface area contributed by atoms with Crippen molar-refractivity contribution in [2.24, 2.45) is 0 Å². The van der Waals surface area contributed by atoms with E-state index < -0.39 is 11.9 Å². The number of rotatable bonds is 8. The SMILES string of the molecule is CCOC(=O)c1ccc(NC(=O)/C(C#N)=C/c2cc(Br)c(Cc3ccccc3F)c(OC)c2)cc1. The maximum atomic E-state index is 14.1. The molecule has 0 bridgehead atoms. The van der Waals surface area contributed by atoms with Gasteiger partial charge in [-0.1, -0.05) is 34.1 Å². The van der Waals surface area contributed by atoms with Gasteiger partial charge in [-0.25, -0.2) is 9.18 Å². The Morgan fingerprint density at radius 2 is 1.86 bits per heavy atom. The molecule has 0 aliphatic carbocycles. The number of esters is 1. The highest BCUT2D eigenvalue weighted by Gasteiger charge is 2.15. The lowest BCUT2D eigenvalue weighted by atomic mass is 10.0. The average molecular weight is 537 g/mol. The maximum Gasteiger partial charge on any atom is 0.338 e. The fraction of sp³-hybridized carbons (Fsp3) is 0.148. The van der Waals surface area contributed by atoms with Crippen LogP contribution in [-0.4, -0.2) is 25.6 Å². The van der Waals surface area contributed by atoms with Gasteiger partial charge in [-0.3, -0.25) is 4.79 Å². The molecule has 0 fully saturated rings. The lowest BCUT2D eigenvalue weighted by molar-refractivity contribution is -0.112. The summed E-state index contributed by atoms with van der Waals surface area (Å²) in [6.07, 6.45) is 1.73. The Hall–Kier alpha value is -3.96. The Bertz CT molecular complexity index is 1310. The van der Waals surface area contributed by atoms with Crippen LogP contribution in [0.4, 0.5) is 10.1 Å². The summed E-state index contributed by atoms with van der Waals surface area (Å²) in [5.74, 6) is -0.895. The number of anilines is 1. The van der Waals surface area contributed by atoms with Crippen molar-refractivity contribution in [3.8, 4) is 11.8 Å². The van der Waals surface area contributed by atoms with Crippen LogP contribution in [0.3, 0.4) is 0 Å².